The molecule has 5 nitrogen and oxygen atoms in total. The molecule has 5 heteroatoms. The summed E-state index contributed by atoms with van der Waals surface area (Å²) in [6.07, 6.45) is 0. The number of benzene rings is 3. The van der Waals surface area contributed by atoms with Crippen LogP contribution in [0.4, 0.5) is 0 Å². The number of carbonyl (C=O) groups excluding carboxylic acids is 2. The van der Waals surface area contributed by atoms with Crippen LogP contribution in [0.25, 0.3) is 33.1 Å². The fourth-order valence-electron chi connectivity index (χ4n) is 3.64. The Morgan fingerprint density at radius 2 is 1.44 bits per heavy atom. The maximum atomic E-state index is 13.1. The van der Waals surface area contributed by atoms with Crippen LogP contribution < -0.4 is 5.43 Å². The van der Waals surface area contributed by atoms with Gasteiger partial charge >= 0.3 is 0 Å². The van der Waals surface area contributed by atoms with E-state index in [0.717, 1.165) is 10.5 Å². The quantitative estimate of drug-likeness (QED) is 0.384. The summed E-state index contributed by atoms with van der Waals surface area (Å²) in [5.74, 6) is -0.859. The molecule has 0 spiro atoms. The van der Waals surface area contributed by atoms with Gasteiger partial charge < -0.3 is 4.42 Å². The number of para-hydroxylation sites is 1. The first-order valence-electron chi connectivity index (χ1n) is 8.48. The highest BCUT2D eigenvalue weighted by Gasteiger charge is 2.38. The van der Waals surface area contributed by atoms with Gasteiger partial charge in [0.2, 0.25) is 5.43 Å². The van der Waals surface area contributed by atoms with Crippen molar-refractivity contribution in [3.05, 3.63) is 82.0 Å². The van der Waals surface area contributed by atoms with E-state index < -0.39 is 11.8 Å². The number of rotatable bonds is 1. The predicted octanol–water partition coefficient (Wildman–Crippen LogP) is 3.84. The standard InChI is InChI=1S/C22H13NO4/c1-23-21(25)17-14(12-7-3-2-4-8-12)11-15-19(24)13-9-5-6-10-16(13)27-20(15)18(17)22(23)26/h2-11H,1H3. The number of hydrogen-bond acceptors (Lipinski definition) is 4. The molecule has 0 saturated carbocycles. The van der Waals surface area contributed by atoms with Crippen LogP contribution in [0.1, 0.15) is 20.7 Å². The third kappa shape index (κ3) is 2.02. The highest BCUT2D eigenvalue weighted by atomic mass is 16.3. The van der Waals surface area contributed by atoms with Crippen molar-refractivity contribution in [1.82, 2.24) is 4.90 Å². The second-order valence-corrected chi connectivity index (χ2v) is 6.51. The Morgan fingerprint density at radius 3 is 2.22 bits per heavy atom. The summed E-state index contributed by atoms with van der Waals surface area (Å²) < 4.78 is 5.93. The van der Waals surface area contributed by atoms with Crippen LogP contribution in [0, 0.1) is 0 Å². The topological polar surface area (TPSA) is 67.6 Å². The molecule has 0 bridgehead atoms. The molecule has 0 radical (unpaired) electrons. The average Bonchev–Trinajstić information content (AvgIpc) is 2.93. The van der Waals surface area contributed by atoms with Gasteiger partial charge in [0.25, 0.3) is 11.8 Å². The Bertz CT molecular complexity index is 1340. The van der Waals surface area contributed by atoms with E-state index in [1.165, 1.54) is 7.05 Å². The summed E-state index contributed by atoms with van der Waals surface area (Å²) in [6.45, 7) is 0. The molecular weight excluding hydrogens is 342 g/mol. The van der Waals surface area contributed by atoms with Crippen molar-refractivity contribution in [3.63, 3.8) is 0 Å². The maximum absolute atomic E-state index is 13.1. The minimum atomic E-state index is -0.462. The first-order valence-corrected chi connectivity index (χ1v) is 8.48. The monoisotopic (exact) mass is 355 g/mol. The second-order valence-electron chi connectivity index (χ2n) is 6.51. The number of hydrogen-bond donors (Lipinski definition) is 0. The van der Waals surface area contributed by atoms with Gasteiger partial charge in [-0.15, -0.1) is 0 Å². The van der Waals surface area contributed by atoms with Crippen molar-refractivity contribution < 1.29 is 14.0 Å². The lowest BCUT2D eigenvalue weighted by Crippen LogP contribution is -2.24. The minimum absolute atomic E-state index is 0.154. The van der Waals surface area contributed by atoms with Crippen LogP contribution in [0.2, 0.25) is 0 Å². The molecule has 0 aliphatic carbocycles. The number of amides is 2. The van der Waals surface area contributed by atoms with Crippen molar-refractivity contribution in [3.8, 4) is 11.1 Å². The highest BCUT2D eigenvalue weighted by Crippen LogP contribution is 2.37. The lowest BCUT2D eigenvalue weighted by atomic mass is 9.93. The maximum Gasteiger partial charge on any atom is 0.265 e. The molecular formula is C22H13NO4. The van der Waals surface area contributed by atoms with E-state index >= 15 is 0 Å². The largest absolute Gasteiger partial charge is 0.455 e. The molecule has 0 atom stereocenters. The fourth-order valence-corrected chi connectivity index (χ4v) is 3.64. The van der Waals surface area contributed by atoms with Crippen molar-refractivity contribution in [2.24, 2.45) is 0 Å². The second kappa shape index (κ2) is 5.38. The molecule has 0 saturated heterocycles. The van der Waals surface area contributed by atoms with Crippen LogP contribution in [0.15, 0.2) is 69.9 Å². The Kier molecular flexibility index (Phi) is 3.09. The number of nitrogens with zero attached hydrogens (tertiary/aromatic N) is 1. The van der Waals surface area contributed by atoms with Gasteiger partial charge in [-0.05, 0) is 29.3 Å². The van der Waals surface area contributed by atoms with Crippen LogP contribution in [-0.4, -0.2) is 23.8 Å². The SMILES string of the molecule is CN1C(=O)c2c(-c3ccccc3)cc3c(=O)c4ccccc4oc3c2C1=O. The molecule has 0 fully saturated rings. The van der Waals surface area contributed by atoms with E-state index in [1.807, 2.05) is 30.3 Å². The van der Waals surface area contributed by atoms with Gasteiger partial charge in [0.15, 0.2) is 5.58 Å². The number of imide groups is 1. The molecule has 27 heavy (non-hydrogen) atoms. The normalized spacial score (nSPS) is 13.6. The molecule has 1 aliphatic rings. The Hall–Kier alpha value is -3.73. The number of fused-ring (bicyclic) bond motifs is 4. The van der Waals surface area contributed by atoms with Gasteiger partial charge in [0.05, 0.1) is 21.9 Å². The molecule has 0 N–H and O–H groups in total. The van der Waals surface area contributed by atoms with Gasteiger partial charge in [-0.25, -0.2) is 0 Å². The average molecular weight is 355 g/mol. The van der Waals surface area contributed by atoms with E-state index in [4.69, 9.17) is 4.42 Å². The zero-order chi connectivity index (χ0) is 18.7. The summed E-state index contributed by atoms with van der Waals surface area (Å²) in [7, 11) is 1.43. The van der Waals surface area contributed by atoms with Gasteiger partial charge in [0.1, 0.15) is 5.58 Å². The highest BCUT2D eigenvalue weighted by molar-refractivity contribution is 6.28. The third-order valence-electron chi connectivity index (χ3n) is 4.99. The van der Waals surface area contributed by atoms with Crippen LogP contribution in [0.5, 0.6) is 0 Å². The molecule has 4 aromatic rings. The Labute approximate surface area is 153 Å². The first-order chi connectivity index (χ1) is 13.1. The molecule has 0 unspecified atom stereocenters. The summed E-state index contributed by atoms with van der Waals surface area (Å²) >= 11 is 0. The molecule has 1 aromatic heterocycles. The molecule has 2 amide bonds. The van der Waals surface area contributed by atoms with Crippen molar-refractivity contribution in [1.29, 1.82) is 0 Å². The van der Waals surface area contributed by atoms with Gasteiger partial charge in [-0.1, -0.05) is 42.5 Å². The fraction of sp³-hybridized carbons (Fsp3) is 0.0455. The smallest absolute Gasteiger partial charge is 0.265 e. The molecule has 3 aromatic carbocycles. The van der Waals surface area contributed by atoms with Crippen LogP contribution >= 0.6 is 0 Å². The van der Waals surface area contributed by atoms with Crippen molar-refractivity contribution in [2.75, 3.05) is 7.05 Å². The number of carbonyl (C=O) groups is 2. The molecule has 5 rings (SSSR count). The van der Waals surface area contributed by atoms with E-state index in [1.54, 1.807) is 30.3 Å². The molecule has 1 aliphatic heterocycles. The first kappa shape index (κ1) is 15.5. The van der Waals surface area contributed by atoms with Gasteiger partial charge in [0, 0.05) is 7.05 Å². The van der Waals surface area contributed by atoms with Crippen molar-refractivity contribution >= 4 is 33.8 Å². The lowest BCUT2D eigenvalue weighted by Gasteiger charge is -2.10. The zero-order valence-electron chi connectivity index (χ0n) is 14.4. The lowest BCUT2D eigenvalue weighted by molar-refractivity contribution is 0.0693. The van der Waals surface area contributed by atoms with E-state index in [0.29, 0.717) is 21.9 Å². The van der Waals surface area contributed by atoms with Gasteiger partial charge in [-0.3, -0.25) is 19.3 Å². The Morgan fingerprint density at radius 1 is 0.778 bits per heavy atom. The van der Waals surface area contributed by atoms with Crippen molar-refractivity contribution in [2.45, 2.75) is 0 Å². The molecule has 2 heterocycles. The van der Waals surface area contributed by atoms with Crippen LogP contribution in [0.3, 0.4) is 0 Å². The summed E-state index contributed by atoms with van der Waals surface area (Å²) in [5, 5.41) is 0.733. The third-order valence-corrected chi connectivity index (χ3v) is 4.99. The predicted molar refractivity (Wildman–Crippen MR) is 102 cm³/mol. The van der Waals surface area contributed by atoms with Crippen LogP contribution in [-0.2, 0) is 0 Å². The summed E-state index contributed by atoms with van der Waals surface area (Å²) in [5.41, 5.74) is 2.08. The van der Waals surface area contributed by atoms with E-state index in [2.05, 4.69) is 0 Å². The summed E-state index contributed by atoms with van der Waals surface area (Å²) in [4.78, 5) is 39.7. The van der Waals surface area contributed by atoms with E-state index in [-0.39, 0.29) is 22.1 Å². The summed E-state index contributed by atoms with van der Waals surface area (Å²) in [6, 6.07) is 17.8. The Balaban J connectivity index is 2.03. The van der Waals surface area contributed by atoms with E-state index in [9.17, 15) is 14.4 Å². The minimum Gasteiger partial charge on any atom is -0.455 e. The zero-order valence-corrected chi connectivity index (χ0v) is 14.4. The molecule has 130 valence electrons. The van der Waals surface area contributed by atoms with Gasteiger partial charge in [-0.2, -0.15) is 0 Å².